The van der Waals surface area contributed by atoms with Crippen LogP contribution in [-0.2, 0) is 13.0 Å². The molecule has 0 bridgehead atoms. The SMILES string of the molecule is COc1ccc2c(c1OC)CCn1cc(C)cc1C2=O. The van der Waals surface area contributed by atoms with E-state index in [0.29, 0.717) is 17.1 Å². The minimum absolute atomic E-state index is 0.0477. The van der Waals surface area contributed by atoms with Crippen LogP contribution in [0.15, 0.2) is 24.4 Å². The largest absolute Gasteiger partial charge is 0.493 e. The average molecular weight is 271 g/mol. The molecule has 20 heavy (non-hydrogen) atoms. The third kappa shape index (κ3) is 1.80. The number of carbonyl (C=O) groups excluding carboxylic acids is 1. The number of ether oxygens (including phenoxy) is 2. The quantitative estimate of drug-likeness (QED) is 0.843. The number of benzene rings is 1. The average Bonchev–Trinajstić information content (AvgIpc) is 2.78. The lowest BCUT2D eigenvalue weighted by Crippen LogP contribution is -2.07. The molecule has 1 aromatic carbocycles. The molecule has 0 fully saturated rings. The van der Waals surface area contributed by atoms with Crippen LogP contribution in [0.3, 0.4) is 0 Å². The zero-order chi connectivity index (χ0) is 14.3. The summed E-state index contributed by atoms with van der Waals surface area (Å²) in [6.07, 6.45) is 2.77. The Balaban J connectivity index is 2.19. The Bertz CT molecular complexity index is 685. The van der Waals surface area contributed by atoms with E-state index in [4.69, 9.17) is 9.47 Å². The van der Waals surface area contributed by atoms with E-state index < -0.39 is 0 Å². The summed E-state index contributed by atoms with van der Waals surface area (Å²) in [4.78, 5) is 12.7. The molecule has 0 amide bonds. The van der Waals surface area contributed by atoms with E-state index in [2.05, 4.69) is 0 Å². The van der Waals surface area contributed by atoms with Gasteiger partial charge in [0.25, 0.3) is 0 Å². The first-order chi connectivity index (χ1) is 9.65. The van der Waals surface area contributed by atoms with Gasteiger partial charge in [-0.25, -0.2) is 0 Å². The second kappa shape index (κ2) is 4.71. The molecule has 2 aromatic rings. The fourth-order valence-electron chi connectivity index (χ4n) is 2.85. The second-order valence-electron chi connectivity index (χ2n) is 5.00. The Labute approximate surface area is 117 Å². The number of fused-ring (bicyclic) bond motifs is 2. The Morgan fingerprint density at radius 1 is 1.20 bits per heavy atom. The topological polar surface area (TPSA) is 40.5 Å². The summed E-state index contributed by atoms with van der Waals surface area (Å²) in [5.74, 6) is 1.38. The number of aryl methyl sites for hydroxylation is 2. The molecule has 4 nitrogen and oxygen atoms in total. The van der Waals surface area contributed by atoms with Crippen molar-refractivity contribution in [2.24, 2.45) is 0 Å². The highest BCUT2D eigenvalue weighted by Gasteiger charge is 2.25. The second-order valence-corrected chi connectivity index (χ2v) is 5.00. The first kappa shape index (κ1) is 12.8. The third-order valence-electron chi connectivity index (χ3n) is 3.76. The normalized spacial score (nSPS) is 13.4. The molecule has 0 aliphatic carbocycles. The summed E-state index contributed by atoms with van der Waals surface area (Å²) >= 11 is 0. The van der Waals surface area contributed by atoms with Crippen LogP contribution in [0.5, 0.6) is 11.5 Å². The fraction of sp³-hybridized carbons (Fsp3) is 0.312. The van der Waals surface area contributed by atoms with Gasteiger partial charge in [0.1, 0.15) is 0 Å². The summed E-state index contributed by atoms with van der Waals surface area (Å²) < 4.78 is 12.8. The van der Waals surface area contributed by atoms with Gasteiger partial charge in [-0.15, -0.1) is 0 Å². The Morgan fingerprint density at radius 2 is 2.00 bits per heavy atom. The van der Waals surface area contributed by atoms with Crippen LogP contribution < -0.4 is 9.47 Å². The van der Waals surface area contributed by atoms with Crippen LogP contribution in [0.25, 0.3) is 0 Å². The number of rotatable bonds is 2. The zero-order valence-corrected chi connectivity index (χ0v) is 11.9. The van der Waals surface area contributed by atoms with Crippen molar-refractivity contribution in [3.8, 4) is 11.5 Å². The Hall–Kier alpha value is -2.23. The number of carbonyl (C=O) groups is 1. The van der Waals surface area contributed by atoms with Crippen molar-refractivity contribution >= 4 is 5.78 Å². The van der Waals surface area contributed by atoms with Crippen molar-refractivity contribution in [1.82, 2.24) is 4.57 Å². The molecule has 0 N–H and O–H groups in total. The van der Waals surface area contributed by atoms with Crippen molar-refractivity contribution in [3.63, 3.8) is 0 Å². The standard InChI is InChI=1S/C16H17NO3/c1-10-8-13-15(18)11-4-5-14(19-2)16(20-3)12(11)6-7-17(13)9-10/h4-5,8-9H,6-7H2,1-3H3. The van der Waals surface area contributed by atoms with Gasteiger partial charge in [-0.3, -0.25) is 4.79 Å². The third-order valence-corrected chi connectivity index (χ3v) is 3.76. The summed E-state index contributed by atoms with van der Waals surface area (Å²) in [6.45, 7) is 2.77. The van der Waals surface area contributed by atoms with Gasteiger partial charge in [0.2, 0.25) is 5.78 Å². The van der Waals surface area contributed by atoms with Gasteiger partial charge in [-0.2, -0.15) is 0 Å². The van der Waals surface area contributed by atoms with E-state index in [9.17, 15) is 4.79 Å². The molecule has 104 valence electrons. The number of hydrogen-bond donors (Lipinski definition) is 0. The molecule has 1 aliphatic heterocycles. The van der Waals surface area contributed by atoms with Gasteiger partial charge in [0.05, 0.1) is 19.9 Å². The summed E-state index contributed by atoms with van der Waals surface area (Å²) in [5, 5.41) is 0. The number of aromatic nitrogens is 1. The van der Waals surface area contributed by atoms with Gasteiger partial charge < -0.3 is 14.0 Å². The van der Waals surface area contributed by atoms with Gasteiger partial charge in [-0.1, -0.05) is 0 Å². The number of nitrogens with zero attached hydrogens (tertiary/aromatic N) is 1. The zero-order valence-electron chi connectivity index (χ0n) is 11.9. The molecule has 0 radical (unpaired) electrons. The molecule has 1 aliphatic rings. The van der Waals surface area contributed by atoms with Crippen molar-refractivity contribution in [1.29, 1.82) is 0 Å². The van der Waals surface area contributed by atoms with Gasteiger partial charge >= 0.3 is 0 Å². The first-order valence-corrected chi connectivity index (χ1v) is 6.61. The number of hydrogen-bond acceptors (Lipinski definition) is 3. The van der Waals surface area contributed by atoms with E-state index in [1.807, 2.05) is 29.8 Å². The van der Waals surface area contributed by atoms with Crippen LogP contribution in [0.2, 0.25) is 0 Å². The molecule has 0 atom stereocenters. The van der Waals surface area contributed by atoms with Crippen molar-refractivity contribution in [2.45, 2.75) is 19.9 Å². The van der Waals surface area contributed by atoms with Crippen LogP contribution in [0.4, 0.5) is 0 Å². The van der Waals surface area contributed by atoms with Crippen LogP contribution in [-0.4, -0.2) is 24.6 Å². The molecule has 0 saturated heterocycles. The molecule has 3 rings (SSSR count). The van der Waals surface area contributed by atoms with Crippen LogP contribution in [0, 0.1) is 6.92 Å². The highest BCUT2D eigenvalue weighted by molar-refractivity contribution is 6.10. The number of methoxy groups -OCH3 is 2. The van der Waals surface area contributed by atoms with E-state index in [-0.39, 0.29) is 5.78 Å². The summed E-state index contributed by atoms with van der Waals surface area (Å²) in [5.41, 5.74) is 3.49. The molecule has 0 saturated carbocycles. The minimum Gasteiger partial charge on any atom is -0.493 e. The number of ketones is 1. The maximum atomic E-state index is 12.7. The van der Waals surface area contributed by atoms with E-state index in [1.54, 1.807) is 20.3 Å². The van der Waals surface area contributed by atoms with E-state index in [0.717, 1.165) is 29.8 Å². The molecule has 2 heterocycles. The van der Waals surface area contributed by atoms with Gasteiger partial charge in [0.15, 0.2) is 11.5 Å². The lowest BCUT2D eigenvalue weighted by Gasteiger charge is -2.14. The predicted octanol–water partition coefficient (Wildman–Crippen LogP) is 2.60. The van der Waals surface area contributed by atoms with Gasteiger partial charge in [-0.05, 0) is 37.1 Å². The lowest BCUT2D eigenvalue weighted by atomic mass is 9.99. The van der Waals surface area contributed by atoms with Crippen LogP contribution >= 0.6 is 0 Å². The maximum Gasteiger partial charge on any atom is 0.209 e. The molecule has 0 unspecified atom stereocenters. The first-order valence-electron chi connectivity index (χ1n) is 6.61. The Morgan fingerprint density at radius 3 is 2.70 bits per heavy atom. The molecular formula is C16H17NO3. The van der Waals surface area contributed by atoms with Crippen molar-refractivity contribution in [2.75, 3.05) is 14.2 Å². The highest BCUT2D eigenvalue weighted by atomic mass is 16.5. The summed E-state index contributed by atoms with van der Waals surface area (Å²) in [6, 6.07) is 5.56. The van der Waals surface area contributed by atoms with Crippen LogP contribution in [0.1, 0.15) is 27.2 Å². The fourth-order valence-corrected chi connectivity index (χ4v) is 2.85. The van der Waals surface area contributed by atoms with E-state index in [1.165, 1.54) is 0 Å². The molecular weight excluding hydrogens is 254 g/mol. The summed E-state index contributed by atoms with van der Waals surface area (Å²) in [7, 11) is 3.22. The monoisotopic (exact) mass is 271 g/mol. The lowest BCUT2D eigenvalue weighted by molar-refractivity contribution is 0.103. The minimum atomic E-state index is 0.0477. The molecule has 1 aromatic heterocycles. The van der Waals surface area contributed by atoms with Crippen molar-refractivity contribution in [3.05, 3.63) is 46.8 Å². The van der Waals surface area contributed by atoms with Gasteiger partial charge in [0, 0.05) is 23.9 Å². The highest BCUT2D eigenvalue weighted by Crippen LogP contribution is 2.36. The van der Waals surface area contributed by atoms with Crippen molar-refractivity contribution < 1.29 is 14.3 Å². The van der Waals surface area contributed by atoms with E-state index >= 15 is 0 Å². The molecule has 4 heteroatoms. The Kier molecular flexibility index (Phi) is 3.01. The molecule has 0 spiro atoms. The maximum absolute atomic E-state index is 12.7. The smallest absolute Gasteiger partial charge is 0.209 e. The predicted molar refractivity (Wildman–Crippen MR) is 75.9 cm³/mol.